The first kappa shape index (κ1) is 18.8. The van der Waals surface area contributed by atoms with E-state index in [-0.39, 0.29) is 28.3 Å². The minimum Gasteiger partial charge on any atom is -0.463 e. The van der Waals surface area contributed by atoms with Gasteiger partial charge in [0.15, 0.2) is 0 Å². The third-order valence-electron chi connectivity index (χ3n) is 4.02. The average Bonchev–Trinajstić information content (AvgIpc) is 3.02. The van der Waals surface area contributed by atoms with Gasteiger partial charge in [0.25, 0.3) is 10.0 Å². The number of ether oxygens (including phenoxy) is 2. The monoisotopic (exact) mass is 393 g/mol. The Hall–Kier alpha value is -2.94. The first-order valence-corrected chi connectivity index (χ1v) is 9.52. The van der Waals surface area contributed by atoms with Gasteiger partial charge in [-0.05, 0) is 43.3 Å². The summed E-state index contributed by atoms with van der Waals surface area (Å²) < 4.78 is 50.6. The lowest BCUT2D eigenvalue weighted by atomic mass is 10.2. The molecular formula is C18H16FNO6S. The molecule has 0 radical (unpaired) electrons. The Labute approximate surface area is 155 Å². The van der Waals surface area contributed by atoms with Gasteiger partial charge in [0, 0.05) is 17.7 Å². The number of esters is 2. The van der Waals surface area contributed by atoms with E-state index in [9.17, 15) is 22.4 Å². The van der Waals surface area contributed by atoms with Gasteiger partial charge in [-0.15, -0.1) is 0 Å². The predicted octanol–water partition coefficient (Wildman–Crippen LogP) is 2.41. The Kier molecular flexibility index (Phi) is 5.13. The number of nitrogens with one attached hydrogen (secondary N) is 1. The van der Waals surface area contributed by atoms with Gasteiger partial charge in [-0.2, -0.15) is 0 Å². The molecule has 0 saturated carbocycles. The molecular weight excluding hydrogens is 377 g/mol. The number of sulfonamides is 1. The number of cyclic esters (lactones) is 1. The number of rotatable bonds is 5. The van der Waals surface area contributed by atoms with Crippen LogP contribution in [-0.4, -0.2) is 33.1 Å². The Bertz CT molecular complexity index is 987. The van der Waals surface area contributed by atoms with Gasteiger partial charge in [0.2, 0.25) is 6.10 Å². The molecule has 1 unspecified atom stereocenters. The maximum atomic E-state index is 13.6. The number of carbonyl (C=O) groups excluding carboxylic acids is 2. The summed E-state index contributed by atoms with van der Waals surface area (Å²) in [4.78, 5) is 23.2. The second-order valence-corrected chi connectivity index (χ2v) is 7.55. The van der Waals surface area contributed by atoms with Crippen LogP contribution >= 0.6 is 0 Å². The molecule has 0 bridgehead atoms. The molecule has 1 N–H and O–H groups in total. The minimum absolute atomic E-state index is 0.00801. The molecule has 1 saturated heterocycles. The number of halogens is 1. The highest BCUT2D eigenvalue weighted by Gasteiger charge is 2.30. The van der Waals surface area contributed by atoms with Crippen LogP contribution in [0, 0.1) is 12.7 Å². The van der Waals surface area contributed by atoms with Crippen molar-refractivity contribution in [1.29, 1.82) is 0 Å². The number of carbonyl (C=O) groups is 2. The van der Waals surface area contributed by atoms with Crippen LogP contribution in [0.4, 0.5) is 10.1 Å². The maximum absolute atomic E-state index is 13.6. The van der Waals surface area contributed by atoms with Crippen LogP contribution in [0.5, 0.6) is 0 Å². The molecule has 0 amide bonds. The molecule has 1 atom stereocenters. The Morgan fingerprint density at radius 3 is 2.56 bits per heavy atom. The summed E-state index contributed by atoms with van der Waals surface area (Å²) >= 11 is 0. The van der Waals surface area contributed by atoms with E-state index in [0.29, 0.717) is 6.42 Å². The van der Waals surface area contributed by atoms with Crippen LogP contribution < -0.4 is 4.72 Å². The third kappa shape index (κ3) is 4.08. The molecule has 27 heavy (non-hydrogen) atoms. The van der Waals surface area contributed by atoms with Crippen molar-refractivity contribution in [3.05, 3.63) is 59.4 Å². The van der Waals surface area contributed by atoms with Gasteiger partial charge in [-0.25, -0.2) is 22.4 Å². The van der Waals surface area contributed by atoms with Gasteiger partial charge in [-0.3, -0.25) is 4.72 Å². The van der Waals surface area contributed by atoms with Crippen LogP contribution in [0.2, 0.25) is 0 Å². The van der Waals surface area contributed by atoms with E-state index < -0.39 is 33.9 Å². The van der Waals surface area contributed by atoms with Crippen molar-refractivity contribution in [2.24, 2.45) is 0 Å². The van der Waals surface area contributed by atoms with E-state index >= 15 is 0 Å². The third-order valence-corrected chi connectivity index (χ3v) is 5.54. The van der Waals surface area contributed by atoms with Crippen molar-refractivity contribution in [2.75, 3.05) is 11.3 Å². The molecule has 7 nitrogen and oxygen atoms in total. The molecule has 1 heterocycles. The van der Waals surface area contributed by atoms with Gasteiger partial charge in [0.1, 0.15) is 5.82 Å². The van der Waals surface area contributed by atoms with E-state index in [4.69, 9.17) is 9.47 Å². The van der Waals surface area contributed by atoms with E-state index in [2.05, 4.69) is 4.72 Å². The predicted molar refractivity (Wildman–Crippen MR) is 93.2 cm³/mol. The number of anilines is 1. The number of benzene rings is 2. The highest BCUT2D eigenvalue weighted by atomic mass is 32.2. The van der Waals surface area contributed by atoms with Crippen LogP contribution in [0.15, 0.2) is 47.4 Å². The molecule has 2 aromatic rings. The summed E-state index contributed by atoms with van der Waals surface area (Å²) in [5.41, 5.74) is 0.351. The lowest BCUT2D eigenvalue weighted by molar-refractivity contribution is -0.145. The van der Waals surface area contributed by atoms with E-state index in [1.807, 2.05) is 0 Å². The molecule has 0 aliphatic carbocycles. The molecule has 1 fully saturated rings. The van der Waals surface area contributed by atoms with Crippen LogP contribution in [0.3, 0.4) is 0 Å². The highest BCUT2D eigenvalue weighted by molar-refractivity contribution is 7.92. The van der Waals surface area contributed by atoms with Gasteiger partial charge >= 0.3 is 11.9 Å². The fraction of sp³-hybridized carbons (Fsp3) is 0.222. The summed E-state index contributed by atoms with van der Waals surface area (Å²) in [5, 5.41) is 0. The van der Waals surface area contributed by atoms with Gasteiger partial charge < -0.3 is 9.47 Å². The lowest BCUT2D eigenvalue weighted by Crippen LogP contribution is -2.22. The van der Waals surface area contributed by atoms with Crippen molar-refractivity contribution in [2.45, 2.75) is 24.3 Å². The van der Waals surface area contributed by atoms with Crippen molar-refractivity contribution in [3.8, 4) is 0 Å². The van der Waals surface area contributed by atoms with Crippen LogP contribution in [0.1, 0.15) is 22.3 Å². The number of hydrogen-bond acceptors (Lipinski definition) is 6. The van der Waals surface area contributed by atoms with Crippen molar-refractivity contribution in [3.63, 3.8) is 0 Å². The van der Waals surface area contributed by atoms with Crippen LogP contribution in [-0.2, 0) is 24.3 Å². The fourth-order valence-electron chi connectivity index (χ4n) is 2.54. The SMILES string of the molecule is Cc1c(F)cccc1S(=O)(=O)Nc1ccc(C(=O)OC2CCOC2=O)cc1. The molecule has 1 aliphatic rings. The van der Waals surface area contributed by atoms with E-state index in [1.54, 1.807) is 0 Å². The second kappa shape index (κ2) is 7.36. The lowest BCUT2D eigenvalue weighted by Gasteiger charge is -2.12. The molecule has 9 heteroatoms. The van der Waals surface area contributed by atoms with E-state index in [0.717, 1.165) is 0 Å². The summed E-state index contributed by atoms with van der Waals surface area (Å²) in [5.74, 6) is -1.92. The Morgan fingerprint density at radius 1 is 1.22 bits per heavy atom. The Balaban J connectivity index is 1.72. The Morgan fingerprint density at radius 2 is 1.93 bits per heavy atom. The highest BCUT2D eigenvalue weighted by Crippen LogP contribution is 2.22. The largest absolute Gasteiger partial charge is 0.463 e. The maximum Gasteiger partial charge on any atom is 0.347 e. The molecule has 1 aliphatic heterocycles. The standard InChI is InChI=1S/C18H16FNO6S/c1-11-14(19)3-2-4-16(11)27(23,24)20-13-7-5-12(6-8-13)17(21)26-15-9-10-25-18(15)22/h2-8,15,20H,9-10H2,1H3. The number of hydrogen-bond donors (Lipinski definition) is 1. The molecule has 142 valence electrons. The molecule has 2 aromatic carbocycles. The van der Waals surface area contributed by atoms with Gasteiger partial charge in [0.05, 0.1) is 17.1 Å². The summed E-state index contributed by atoms with van der Waals surface area (Å²) in [6.07, 6.45) is -0.623. The quantitative estimate of drug-likeness (QED) is 0.784. The molecule has 0 spiro atoms. The zero-order chi connectivity index (χ0) is 19.6. The van der Waals surface area contributed by atoms with Crippen molar-refractivity contribution < 1.29 is 31.9 Å². The topological polar surface area (TPSA) is 98.8 Å². The van der Waals surface area contributed by atoms with Crippen molar-refractivity contribution in [1.82, 2.24) is 0 Å². The summed E-state index contributed by atoms with van der Waals surface area (Å²) in [7, 11) is -3.99. The van der Waals surface area contributed by atoms with Gasteiger partial charge in [-0.1, -0.05) is 6.07 Å². The molecule has 3 rings (SSSR count). The summed E-state index contributed by atoms with van der Waals surface area (Å²) in [6.45, 7) is 1.58. The average molecular weight is 393 g/mol. The normalized spacial score (nSPS) is 16.7. The first-order chi connectivity index (χ1) is 12.8. The minimum atomic E-state index is -3.99. The smallest absolute Gasteiger partial charge is 0.347 e. The first-order valence-electron chi connectivity index (χ1n) is 8.03. The van der Waals surface area contributed by atoms with E-state index in [1.165, 1.54) is 49.4 Å². The van der Waals surface area contributed by atoms with Crippen LogP contribution in [0.25, 0.3) is 0 Å². The molecule has 0 aromatic heterocycles. The zero-order valence-corrected chi connectivity index (χ0v) is 15.1. The fourth-order valence-corrected chi connectivity index (χ4v) is 3.86. The zero-order valence-electron chi connectivity index (χ0n) is 14.3. The van der Waals surface area contributed by atoms with Crippen molar-refractivity contribution >= 4 is 27.6 Å². The summed E-state index contributed by atoms with van der Waals surface area (Å²) in [6, 6.07) is 9.25. The second-order valence-electron chi connectivity index (χ2n) is 5.90.